The fourth-order valence-electron chi connectivity index (χ4n) is 1.90. The summed E-state index contributed by atoms with van der Waals surface area (Å²) in [7, 11) is 3.11. The van der Waals surface area contributed by atoms with Crippen LogP contribution in [-0.4, -0.2) is 49.7 Å². The summed E-state index contributed by atoms with van der Waals surface area (Å²) in [6.45, 7) is 2.53. The van der Waals surface area contributed by atoms with Gasteiger partial charge in [-0.05, 0) is 26.2 Å². The number of esters is 1. The van der Waals surface area contributed by atoms with Gasteiger partial charge in [0.25, 0.3) is 5.91 Å². The van der Waals surface area contributed by atoms with Crippen LogP contribution in [0.25, 0.3) is 0 Å². The summed E-state index contributed by atoms with van der Waals surface area (Å²) in [5.41, 5.74) is 0. The predicted molar refractivity (Wildman–Crippen MR) is 62.5 cm³/mol. The Bertz CT molecular complexity index is 280. The quantitative estimate of drug-likeness (QED) is 0.675. The smallest absolute Gasteiger partial charge is 0.305 e. The first-order valence-electron chi connectivity index (χ1n) is 6.02. The molecule has 0 radical (unpaired) electrons. The minimum absolute atomic E-state index is 0.0132. The van der Waals surface area contributed by atoms with E-state index in [2.05, 4.69) is 4.74 Å². The lowest BCUT2D eigenvalue weighted by atomic mass is 10.2. The second kappa shape index (κ2) is 6.59. The van der Waals surface area contributed by atoms with E-state index in [0.29, 0.717) is 19.4 Å². The van der Waals surface area contributed by atoms with Gasteiger partial charge < -0.3 is 14.4 Å². The van der Waals surface area contributed by atoms with Gasteiger partial charge in [0.1, 0.15) is 6.10 Å². The van der Waals surface area contributed by atoms with Crippen LogP contribution in [0.1, 0.15) is 32.6 Å². The van der Waals surface area contributed by atoms with Crippen LogP contribution < -0.4 is 0 Å². The number of carbonyl (C=O) groups is 2. The van der Waals surface area contributed by atoms with Gasteiger partial charge in [0, 0.05) is 20.0 Å². The molecule has 1 aliphatic rings. The van der Waals surface area contributed by atoms with Gasteiger partial charge in [0.05, 0.1) is 13.2 Å². The minimum atomic E-state index is -0.298. The maximum atomic E-state index is 11.9. The molecule has 1 rings (SSSR count). The van der Waals surface area contributed by atoms with E-state index >= 15 is 0 Å². The Morgan fingerprint density at radius 3 is 2.65 bits per heavy atom. The molecule has 2 unspecified atom stereocenters. The molecule has 1 aliphatic heterocycles. The van der Waals surface area contributed by atoms with Crippen LogP contribution in [0.3, 0.4) is 0 Å². The minimum Gasteiger partial charge on any atom is -0.469 e. The van der Waals surface area contributed by atoms with Crippen molar-refractivity contribution in [3.8, 4) is 0 Å². The van der Waals surface area contributed by atoms with Crippen molar-refractivity contribution in [2.75, 3.05) is 20.7 Å². The van der Waals surface area contributed by atoms with Crippen LogP contribution >= 0.6 is 0 Å². The zero-order valence-electron chi connectivity index (χ0n) is 10.8. The van der Waals surface area contributed by atoms with E-state index in [4.69, 9.17) is 4.74 Å². The topological polar surface area (TPSA) is 55.8 Å². The number of nitrogens with zero attached hydrogens (tertiary/aromatic N) is 1. The van der Waals surface area contributed by atoms with Gasteiger partial charge in [-0.3, -0.25) is 9.59 Å². The number of hydrogen-bond acceptors (Lipinski definition) is 4. The lowest BCUT2D eigenvalue weighted by Crippen LogP contribution is -2.37. The number of rotatable bonds is 5. The first kappa shape index (κ1) is 14.0. The molecule has 1 amide bonds. The van der Waals surface area contributed by atoms with E-state index in [1.165, 1.54) is 7.11 Å². The van der Waals surface area contributed by atoms with Crippen molar-refractivity contribution < 1.29 is 19.1 Å². The number of likely N-dealkylation sites (N-methyl/N-ethyl adjacent to an activating group) is 1. The van der Waals surface area contributed by atoms with E-state index in [1.54, 1.807) is 11.9 Å². The second-order valence-corrected chi connectivity index (χ2v) is 4.45. The standard InChI is InChI=1S/C12H21NO4/c1-9-6-7-10(17-9)12(15)13(2)8-4-5-11(14)16-3/h9-10H,4-8H2,1-3H3. The monoisotopic (exact) mass is 243 g/mol. The van der Waals surface area contributed by atoms with Gasteiger partial charge in [-0.1, -0.05) is 0 Å². The van der Waals surface area contributed by atoms with Crippen LogP contribution in [0.5, 0.6) is 0 Å². The Balaban J connectivity index is 2.25. The van der Waals surface area contributed by atoms with Crippen LogP contribution in [0.4, 0.5) is 0 Å². The van der Waals surface area contributed by atoms with Crippen molar-refractivity contribution in [2.24, 2.45) is 0 Å². The molecule has 0 spiro atoms. The maximum Gasteiger partial charge on any atom is 0.305 e. The van der Waals surface area contributed by atoms with Crippen molar-refractivity contribution in [2.45, 2.75) is 44.8 Å². The molecule has 0 aromatic rings. The lowest BCUT2D eigenvalue weighted by molar-refractivity contribution is -0.143. The first-order valence-corrected chi connectivity index (χ1v) is 6.02. The highest BCUT2D eigenvalue weighted by Crippen LogP contribution is 2.20. The van der Waals surface area contributed by atoms with Crippen LogP contribution in [0.2, 0.25) is 0 Å². The third-order valence-electron chi connectivity index (χ3n) is 2.99. The molecule has 0 aliphatic carbocycles. The van der Waals surface area contributed by atoms with Gasteiger partial charge in [0.15, 0.2) is 0 Å². The maximum absolute atomic E-state index is 11.9. The molecular weight excluding hydrogens is 222 g/mol. The SMILES string of the molecule is COC(=O)CCCN(C)C(=O)C1CCC(C)O1. The zero-order valence-corrected chi connectivity index (χ0v) is 10.8. The molecular formula is C12H21NO4. The molecule has 5 heteroatoms. The Labute approximate surface area is 102 Å². The Kier molecular flexibility index (Phi) is 5.41. The third kappa shape index (κ3) is 4.34. The number of ether oxygens (including phenoxy) is 2. The van der Waals surface area contributed by atoms with Crippen molar-refractivity contribution >= 4 is 11.9 Å². The van der Waals surface area contributed by atoms with Crippen molar-refractivity contribution in [3.63, 3.8) is 0 Å². The summed E-state index contributed by atoms with van der Waals surface area (Å²) in [6, 6.07) is 0. The first-order chi connectivity index (χ1) is 8.04. The number of amides is 1. The molecule has 1 fully saturated rings. The Hall–Kier alpha value is -1.10. The fourth-order valence-corrected chi connectivity index (χ4v) is 1.90. The highest BCUT2D eigenvalue weighted by Gasteiger charge is 2.30. The molecule has 17 heavy (non-hydrogen) atoms. The summed E-state index contributed by atoms with van der Waals surface area (Å²) in [5.74, 6) is -0.226. The Morgan fingerprint density at radius 1 is 1.41 bits per heavy atom. The molecule has 98 valence electrons. The summed E-state index contributed by atoms with van der Waals surface area (Å²) in [6.07, 6.45) is 2.57. The van der Waals surface area contributed by atoms with Crippen molar-refractivity contribution in [1.82, 2.24) is 4.90 Å². The van der Waals surface area contributed by atoms with E-state index in [1.807, 2.05) is 6.92 Å². The fraction of sp³-hybridized carbons (Fsp3) is 0.833. The predicted octanol–water partition coefficient (Wildman–Crippen LogP) is 0.965. The summed E-state index contributed by atoms with van der Waals surface area (Å²) < 4.78 is 10.0. The van der Waals surface area contributed by atoms with Gasteiger partial charge >= 0.3 is 5.97 Å². The molecule has 0 bridgehead atoms. The van der Waals surface area contributed by atoms with Gasteiger partial charge in [-0.2, -0.15) is 0 Å². The molecule has 2 atom stereocenters. The van der Waals surface area contributed by atoms with E-state index in [-0.39, 0.29) is 24.1 Å². The molecule has 0 aromatic carbocycles. The van der Waals surface area contributed by atoms with Crippen LogP contribution in [0.15, 0.2) is 0 Å². The lowest BCUT2D eigenvalue weighted by Gasteiger charge is -2.20. The molecule has 0 aromatic heterocycles. The average Bonchev–Trinajstić information content (AvgIpc) is 2.74. The Morgan fingerprint density at radius 2 is 2.12 bits per heavy atom. The summed E-state index contributed by atoms with van der Waals surface area (Å²) in [5, 5.41) is 0. The van der Waals surface area contributed by atoms with Crippen molar-refractivity contribution in [1.29, 1.82) is 0 Å². The second-order valence-electron chi connectivity index (χ2n) is 4.45. The molecule has 0 N–H and O–H groups in total. The number of hydrogen-bond donors (Lipinski definition) is 0. The van der Waals surface area contributed by atoms with Gasteiger partial charge in [-0.15, -0.1) is 0 Å². The molecule has 5 nitrogen and oxygen atoms in total. The van der Waals surface area contributed by atoms with E-state index in [9.17, 15) is 9.59 Å². The highest BCUT2D eigenvalue weighted by molar-refractivity contribution is 5.81. The normalized spacial score (nSPS) is 23.5. The van der Waals surface area contributed by atoms with Gasteiger partial charge in [-0.25, -0.2) is 0 Å². The zero-order chi connectivity index (χ0) is 12.8. The van der Waals surface area contributed by atoms with Gasteiger partial charge in [0.2, 0.25) is 0 Å². The van der Waals surface area contributed by atoms with E-state index < -0.39 is 0 Å². The summed E-state index contributed by atoms with van der Waals surface area (Å²) >= 11 is 0. The third-order valence-corrected chi connectivity index (χ3v) is 2.99. The molecule has 1 saturated heterocycles. The average molecular weight is 243 g/mol. The summed E-state index contributed by atoms with van der Waals surface area (Å²) in [4.78, 5) is 24.5. The van der Waals surface area contributed by atoms with Crippen LogP contribution in [-0.2, 0) is 19.1 Å². The molecule has 1 heterocycles. The molecule has 0 saturated carbocycles. The van der Waals surface area contributed by atoms with Crippen LogP contribution in [0, 0.1) is 0 Å². The highest BCUT2D eigenvalue weighted by atomic mass is 16.5. The van der Waals surface area contributed by atoms with Crippen molar-refractivity contribution in [3.05, 3.63) is 0 Å². The van der Waals surface area contributed by atoms with E-state index in [0.717, 1.165) is 12.8 Å². The largest absolute Gasteiger partial charge is 0.469 e. The number of carbonyl (C=O) groups excluding carboxylic acids is 2. The number of methoxy groups -OCH3 is 1.